The van der Waals surface area contributed by atoms with Crippen LogP contribution in [0.3, 0.4) is 0 Å². The molecule has 23 heavy (non-hydrogen) atoms. The summed E-state index contributed by atoms with van der Waals surface area (Å²) in [4.78, 5) is 13.4. The van der Waals surface area contributed by atoms with Crippen LogP contribution in [0.4, 0.5) is 0 Å². The van der Waals surface area contributed by atoms with E-state index in [-0.39, 0.29) is 18.4 Å². The van der Waals surface area contributed by atoms with Crippen molar-refractivity contribution in [2.45, 2.75) is 29.9 Å². The molecule has 0 saturated heterocycles. The Hall–Kier alpha value is -1.49. The highest BCUT2D eigenvalue weighted by atomic mass is 35.5. The highest BCUT2D eigenvalue weighted by molar-refractivity contribution is 7.99. The summed E-state index contributed by atoms with van der Waals surface area (Å²) in [6, 6.07) is 15.0. The molecule has 0 spiro atoms. The molecule has 1 amide bonds. The first kappa shape index (κ1) is 16.4. The molecule has 3 nitrogen and oxygen atoms in total. The van der Waals surface area contributed by atoms with Gasteiger partial charge in [0.25, 0.3) is 0 Å². The average molecular weight is 348 g/mol. The van der Waals surface area contributed by atoms with Crippen molar-refractivity contribution >= 4 is 29.3 Å². The van der Waals surface area contributed by atoms with Crippen molar-refractivity contribution in [2.75, 3.05) is 5.75 Å². The molecule has 0 bridgehead atoms. The van der Waals surface area contributed by atoms with Crippen molar-refractivity contribution in [3.05, 3.63) is 64.7 Å². The molecule has 1 aliphatic heterocycles. The molecule has 0 aromatic heterocycles. The van der Waals surface area contributed by atoms with Crippen molar-refractivity contribution in [2.24, 2.45) is 0 Å². The van der Waals surface area contributed by atoms with Crippen LogP contribution in [-0.4, -0.2) is 16.8 Å². The molecule has 120 valence electrons. The van der Waals surface area contributed by atoms with Crippen LogP contribution >= 0.6 is 23.4 Å². The second-order valence-electron chi connectivity index (χ2n) is 5.57. The molecule has 5 heteroatoms. The summed E-state index contributed by atoms with van der Waals surface area (Å²) in [5.74, 6) is 0.810. The minimum absolute atomic E-state index is 0.0413. The fraction of sp³-hybridized carbons (Fsp3) is 0.278. The van der Waals surface area contributed by atoms with Gasteiger partial charge >= 0.3 is 0 Å². The van der Waals surface area contributed by atoms with Crippen molar-refractivity contribution < 1.29 is 9.90 Å². The number of amides is 1. The predicted molar refractivity (Wildman–Crippen MR) is 93.7 cm³/mol. The molecular weight excluding hydrogens is 330 g/mol. The van der Waals surface area contributed by atoms with Gasteiger partial charge in [-0.3, -0.25) is 4.79 Å². The Morgan fingerprint density at radius 1 is 1.30 bits per heavy atom. The van der Waals surface area contributed by atoms with Gasteiger partial charge in [0, 0.05) is 15.7 Å². The third-order valence-electron chi connectivity index (χ3n) is 3.91. The summed E-state index contributed by atoms with van der Waals surface area (Å²) in [5.41, 5.74) is 1.82. The molecule has 1 heterocycles. The summed E-state index contributed by atoms with van der Waals surface area (Å²) in [7, 11) is 0. The van der Waals surface area contributed by atoms with Gasteiger partial charge in [-0.25, -0.2) is 0 Å². The quantitative estimate of drug-likeness (QED) is 0.874. The first-order valence-corrected chi connectivity index (χ1v) is 8.94. The van der Waals surface area contributed by atoms with Gasteiger partial charge in [-0.15, -0.1) is 11.8 Å². The molecule has 2 unspecified atom stereocenters. The summed E-state index contributed by atoms with van der Waals surface area (Å²) in [5, 5.41) is 13.9. The lowest BCUT2D eigenvalue weighted by Crippen LogP contribution is -2.31. The zero-order valence-corrected chi connectivity index (χ0v) is 14.1. The van der Waals surface area contributed by atoms with Crippen molar-refractivity contribution in [1.82, 2.24) is 5.32 Å². The number of carbonyl (C=O) groups is 1. The first-order chi connectivity index (χ1) is 11.1. The van der Waals surface area contributed by atoms with E-state index in [1.54, 1.807) is 11.8 Å². The van der Waals surface area contributed by atoms with Gasteiger partial charge in [-0.05, 0) is 35.7 Å². The minimum Gasteiger partial charge on any atom is -0.388 e. The van der Waals surface area contributed by atoms with Crippen LogP contribution in [0.5, 0.6) is 0 Å². The largest absolute Gasteiger partial charge is 0.388 e. The van der Waals surface area contributed by atoms with E-state index in [4.69, 9.17) is 11.6 Å². The van der Waals surface area contributed by atoms with Gasteiger partial charge in [0.1, 0.15) is 0 Å². The Labute approximate surface area is 145 Å². The molecule has 1 aliphatic rings. The molecule has 0 radical (unpaired) electrons. The SMILES string of the molecule is O=C(CC(O)c1ccccc1)NC1CCSc2ccc(Cl)cc21. The van der Waals surface area contributed by atoms with Gasteiger partial charge < -0.3 is 10.4 Å². The molecule has 2 aromatic carbocycles. The summed E-state index contributed by atoms with van der Waals surface area (Å²) in [6.07, 6.45) is 0.141. The topological polar surface area (TPSA) is 49.3 Å². The zero-order valence-electron chi connectivity index (χ0n) is 12.5. The van der Waals surface area contributed by atoms with E-state index in [0.29, 0.717) is 5.02 Å². The molecule has 2 N–H and O–H groups in total. The maximum absolute atomic E-state index is 12.3. The number of hydrogen-bond donors (Lipinski definition) is 2. The number of rotatable bonds is 4. The average Bonchev–Trinajstić information content (AvgIpc) is 2.56. The summed E-state index contributed by atoms with van der Waals surface area (Å²) >= 11 is 7.86. The van der Waals surface area contributed by atoms with Gasteiger partial charge in [-0.1, -0.05) is 41.9 Å². The van der Waals surface area contributed by atoms with E-state index >= 15 is 0 Å². The Morgan fingerprint density at radius 3 is 2.87 bits per heavy atom. The summed E-state index contributed by atoms with van der Waals surface area (Å²) < 4.78 is 0. The fourth-order valence-electron chi connectivity index (χ4n) is 2.74. The van der Waals surface area contributed by atoms with E-state index in [1.807, 2.05) is 48.5 Å². The number of halogens is 1. The van der Waals surface area contributed by atoms with E-state index in [9.17, 15) is 9.90 Å². The Morgan fingerprint density at radius 2 is 2.09 bits per heavy atom. The maximum atomic E-state index is 12.3. The Kier molecular flexibility index (Phi) is 5.26. The predicted octanol–water partition coefficient (Wildman–Crippen LogP) is 4.12. The van der Waals surface area contributed by atoms with Crippen LogP contribution in [-0.2, 0) is 4.79 Å². The van der Waals surface area contributed by atoms with Crippen LogP contribution in [0.2, 0.25) is 5.02 Å². The lowest BCUT2D eigenvalue weighted by Gasteiger charge is -2.26. The standard InChI is InChI=1S/C18H18ClNO2S/c19-13-6-7-17-14(10-13)15(8-9-23-17)20-18(22)11-16(21)12-4-2-1-3-5-12/h1-7,10,15-16,21H,8-9,11H2,(H,20,22). The summed E-state index contributed by atoms with van der Waals surface area (Å²) in [6.45, 7) is 0. The van der Waals surface area contributed by atoms with Crippen LogP contribution in [0.25, 0.3) is 0 Å². The van der Waals surface area contributed by atoms with Crippen molar-refractivity contribution in [1.29, 1.82) is 0 Å². The number of fused-ring (bicyclic) bond motifs is 1. The Bertz CT molecular complexity index is 693. The van der Waals surface area contributed by atoms with Gasteiger partial charge in [0.2, 0.25) is 5.91 Å². The number of thioether (sulfide) groups is 1. The van der Waals surface area contributed by atoms with E-state index in [2.05, 4.69) is 5.32 Å². The van der Waals surface area contributed by atoms with Crippen molar-refractivity contribution in [3.63, 3.8) is 0 Å². The normalized spacial score (nSPS) is 18.1. The molecule has 3 rings (SSSR count). The maximum Gasteiger partial charge on any atom is 0.223 e. The lowest BCUT2D eigenvalue weighted by atomic mass is 10.0. The van der Waals surface area contributed by atoms with Gasteiger partial charge in [0.05, 0.1) is 18.6 Å². The number of aliphatic hydroxyl groups is 1. The fourth-order valence-corrected chi connectivity index (χ4v) is 4.02. The third kappa shape index (κ3) is 4.08. The zero-order chi connectivity index (χ0) is 16.2. The molecule has 0 aliphatic carbocycles. The molecule has 2 aromatic rings. The monoisotopic (exact) mass is 347 g/mol. The van der Waals surface area contributed by atoms with E-state index in [0.717, 1.165) is 28.2 Å². The van der Waals surface area contributed by atoms with Gasteiger partial charge in [-0.2, -0.15) is 0 Å². The first-order valence-electron chi connectivity index (χ1n) is 7.58. The number of hydrogen-bond acceptors (Lipinski definition) is 3. The number of carbonyl (C=O) groups excluding carboxylic acids is 1. The Balaban J connectivity index is 1.66. The number of benzene rings is 2. The van der Waals surface area contributed by atoms with Crippen LogP contribution < -0.4 is 5.32 Å². The van der Waals surface area contributed by atoms with E-state index in [1.165, 1.54) is 0 Å². The third-order valence-corrected chi connectivity index (χ3v) is 5.27. The number of aliphatic hydroxyl groups excluding tert-OH is 1. The lowest BCUT2D eigenvalue weighted by molar-refractivity contribution is -0.123. The second kappa shape index (κ2) is 7.39. The molecule has 0 saturated carbocycles. The smallest absolute Gasteiger partial charge is 0.223 e. The van der Waals surface area contributed by atoms with Crippen LogP contribution in [0.15, 0.2) is 53.4 Å². The van der Waals surface area contributed by atoms with E-state index < -0.39 is 6.10 Å². The molecular formula is C18H18ClNO2S. The van der Waals surface area contributed by atoms with Crippen LogP contribution in [0.1, 0.15) is 36.1 Å². The molecule has 0 fully saturated rings. The number of nitrogens with one attached hydrogen (secondary N) is 1. The highest BCUT2D eigenvalue weighted by Crippen LogP contribution is 2.37. The highest BCUT2D eigenvalue weighted by Gasteiger charge is 2.23. The second-order valence-corrected chi connectivity index (χ2v) is 7.14. The minimum atomic E-state index is -0.784. The van der Waals surface area contributed by atoms with Crippen LogP contribution in [0, 0.1) is 0 Å². The van der Waals surface area contributed by atoms with Crippen molar-refractivity contribution in [3.8, 4) is 0 Å². The van der Waals surface area contributed by atoms with Gasteiger partial charge in [0.15, 0.2) is 0 Å². The molecule has 2 atom stereocenters.